The van der Waals surface area contributed by atoms with Crippen LogP contribution in [-0.4, -0.2) is 43.8 Å². The van der Waals surface area contributed by atoms with Crippen molar-refractivity contribution >= 4 is 17.6 Å². The largest absolute Gasteiger partial charge is 0.482 e. The number of fused-ring (bicyclic) bond motifs is 1. The number of hydrogen-bond donors (Lipinski definition) is 2. The SMILES string of the molecule is CC(C)c1cc(NCCc2ccc(OCC(=O)O)cc2)n2ncnc2n1. The summed E-state index contributed by atoms with van der Waals surface area (Å²) >= 11 is 0. The van der Waals surface area contributed by atoms with Crippen molar-refractivity contribution in [2.75, 3.05) is 18.5 Å². The highest BCUT2D eigenvalue weighted by Crippen LogP contribution is 2.18. The van der Waals surface area contributed by atoms with Crippen LogP contribution in [0.15, 0.2) is 36.7 Å². The molecule has 2 aromatic heterocycles. The summed E-state index contributed by atoms with van der Waals surface area (Å²) in [7, 11) is 0. The molecule has 1 aromatic carbocycles. The van der Waals surface area contributed by atoms with Gasteiger partial charge in [0.15, 0.2) is 6.61 Å². The zero-order valence-electron chi connectivity index (χ0n) is 14.7. The molecule has 136 valence electrons. The van der Waals surface area contributed by atoms with Gasteiger partial charge < -0.3 is 15.2 Å². The molecule has 0 fully saturated rings. The van der Waals surface area contributed by atoms with Crippen LogP contribution in [0.2, 0.25) is 0 Å². The predicted octanol–water partition coefficient (Wildman–Crippen LogP) is 2.37. The van der Waals surface area contributed by atoms with Crippen LogP contribution in [0.4, 0.5) is 5.82 Å². The summed E-state index contributed by atoms with van der Waals surface area (Å²) in [6.07, 6.45) is 2.29. The van der Waals surface area contributed by atoms with Crippen LogP contribution < -0.4 is 10.1 Å². The van der Waals surface area contributed by atoms with Gasteiger partial charge in [-0.3, -0.25) is 0 Å². The van der Waals surface area contributed by atoms with E-state index in [-0.39, 0.29) is 6.61 Å². The van der Waals surface area contributed by atoms with Gasteiger partial charge in [-0.1, -0.05) is 26.0 Å². The quantitative estimate of drug-likeness (QED) is 0.639. The molecule has 3 rings (SSSR count). The normalized spacial score (nSPS) is 11.0. The van der Waals surface area contributed by atoms with Gasteiger partial charge in [0, 0.05) is 12.6 Å². The van der Waals surface area contributed by atoms with E-state index in [1.807, 2.05) is 18.2 Å². The number of anilines is 1. The molecule has 0 aliphatic heterocycles. The number of aliphatic carboxylic acids is 1. The summed E-state index contributed by atoms with van der Waals surface area (Å²) in [4.78, 5) is 19.2. The standard InChI is InChI=1S/C18H21N5O3/c1-12(2)15-9-16(23-18(22-15)20-11-21-23)19-8-7-13-3-5-14(6-4-13)26-10-17(24)25/h3-6,9,11-12,19H,7-8,10H2,1-2H3,(H,24,25). The van der Waals surface area contributed by atoms with Gasteiger partial charge in [-0.25, -0.2) is 9.78 Å². The van der Waals surface area contributed by atoms with Crippen LogP contribution in [0.3, 0.4) is 0 Å². The molecule has 2 heterocycles. The number of carboxylic acids is 1. The van der Waals surface area contributed by atoms with Crippen LogP contribution in [0.1, 0.15) is 31.0 Å². The first-order valence-electron chi connectivity index (χ1n) is 8.41. The molecule has 0 radical (unpaired) electrons. The summed E-state index contributed by atoms with van der Waals surface area (Å²) in [6.45, 7) is 4.56. The van der Waals surface area contributed by atoms with Gasteiger partial charge in [0.05, 0.1) is 5.69 Å². The van der Waals surface area contributed by atoms with Crippen molar-refractivity contribution in [3.8, 4) is 5.75 Å². The smallest absolute Gasteiger partial charge is 0.341 e. The lowest BCUT2D eigenvalue weighted by atomic mass is 10.1. The van der Waals surface area contributed by atoms with E-state index >= 15 is 0 Å². The number of benzene rings is 1. The van der Waals surface area contributed by atoms with Gasteiger partial charge in [-0.15, -0.1) is 0 Å². The van der Waals surface area contributed by atoms with E-state index in [0.29, 0.717) is 24.0 Å². The van der Waals surface area contributed by atoms with E-state index in [4.69, 9.17) is 9.84 Å². The van der Waals surface area contributed by atoms with E-state index in [0.717, 1.165) is 23.5 Å². The zero-order chi connectivity index (χ0) is 18.5. The van der Waals surface area contributed by atoms with Gasteiger partial charge in [-0.2, -0.15) is 14.6 Å². The summed E-state index contributed by atoms with van der Waals surface area (Å²) in [5.41, 5.74) is 2.08. The molecule has 0 aliphatic rings. The molecule has 0 amide bonds. The third-order valence-corrected chi connectivity index (χ3v) is 3.87. The number of nitrogens with zero attached hydrogens (tertiary/aromatic N) is 4. The minimum absolute atomic E-state index is 0.301. The van der Waals surface area contributed by atoms with Crippen LogP contribution >= 0.6 is 0 Å². The minimum Gasteiger partial charge on any atom is -0.482 e. The van der Waals surface area contributed by atoms with Gasteiger partial charge >= 0.3 is 5.97 Å². The van der Waals surface area contributed by atoms with Crippen molar-refractivity contribution in [1.29, 1.82) is 0 Å². The Morgan fingerprint density at radius 1 is 1.31 bits per heavy atom. The first kappa shape index (κ1) is 17.7. The first-order chi connectivity index (χ1) is 12.5. The molecular formula is C18H21N5O3. The maximum Gasteiger partial charge on any atom is 0.341 e. The molecule has 8 nitrogen and oxygen atoms in total. The number of nitrogens with one attached hydrogen (secondary N) is 1. The van der Waals surface area contributed by atoms with Crippen molar-refractivity contribution in [3.05, 3.63) is 47.9 Å². The molecule has 0 aliphatic carbocycles. The summed E-state index contributed by atoms with van der Waals surface area (Å²) < 4.78 is 6.82. The molecule has 0 spiro atoms. The van der Waals surface area contributed by atoms with Gasteiger partial charge in [0.2, 0.25) is 0 Å². The maximum atomic E-state index is 10.5. The second-order valence-electron chi connectivity index (χ2n) is 6.20. The van der Waals surface area contributed by atoms with Crippen LogP contribution in [0, 0.1) is 0 Å². The van der Waals surface area contributed by atoms with Gasteiger partial charge in [0.1, 0.15) is 17.9 Å². The lowest BCUT2D eigenvalue weighted by Crippen LogP contribution is -2.11. The van der Waals surface area contributed by atoms with Crippen molar-refractivity contribution in [1.82, 2.24) is 19.6 Å². The fourth-order valence-electron chi connectivity index (χ4n) is 2.48. The second-order valence-corrected chi connectivity index (χ2v) is 6.20. The minimum atomic E-state index is -0.990. The van der Waals surface area contributed by atoms with Crippen LogP contribution in [0.5, 0.6) is 5.75 Å². The average Bonchev–Trinajstić information content (AvgIpc) is 3.09. The van der Waals surface area contributed by atoms with Gasteiger partial charge in [0.25, 0.3) is 5.78 Å². The predicted molar refractivity (Wildman–Crippen MR) is 96.6 cm³/mol. The summed E-state index contributed by atoms with van der Waals surface area (Å²) in [6, 6.07) is 9.40. The van der Waals surface area contributed by atoms with Crippen LogP contribution in [0.25, 0.3) is 5.78 Å². The molecule has 0 unspecified atom stereocenters. The highest BCUT2D eigenvalue weighted by molar-refractivity contribution is 5.68. The fourth-order valence-corrected chi connectivity index (χ4v) is 2.48. The Bertz CT molecular complexity index is 889. The summed E-state index contributed by atoms with van der Waals surface area (Å²) in [5, 5.41) is 16.2. The summed E-state index contributed by atoms with van der Waals surface area (Å²) in [5.74, 6) is 1.30. The maximum absolute atomic E-state index is 10.5. The molecule has 0 saturated carbocycles. The molecule has 0 atom stereocenters. The Kier molecular flexibility index (Phi) is 5.31. The molecule has 8 heteroatoms. The Hall–Kier alpha value is -3.16. The van der Waals surface area contributed by atoms with E-state index in [1.165, 1.54) is 6.33 Å². The highest BCUT2D eigenvalue weighted by atomic mass is 16.5. The third kappa shape index (κ3) is 4.27. The number of ether oxygens (including phenoxy) is 1. The Labute approximate surface area is 150 Å². The Balaban J connectivity index is 1.62. The van der Waals surface area contributed by atoms with E-state index in [2.05, 4.69) is 34.2 Å². The number of aromatic nitrogens is 4. The lowest BCUT2D eigenvalue weighted by Gasteiger charge is -2.11. The fraction of sp³-hybridized carbons (Fsp3) is 0.333. The number of rotatable bonds is 8. The Morgan fingerprint density at radius 3 is 2.77 bits per heavy atom. The molecule has 2 N–H and O–H groups in total. The topological polar surface area (TPSA) is 102 Å². The highest BCUT2D eigenvalue weighted by Gasteiger charge is 2.09. The monoisotopic (exact) mass is 355 g/mol. The molecule has 0 saturated heterocycles. The van der Waals surface area contributed by atoms with E-state index in [9.17, 15) is 4.79 Å². The van der Waals surface area contributed by atoms with Crippen molar-refractivity contribution < 1.29 is 14.6 Å². The van der Waals surface area contributed by atoms with Gasteiger partial charge in [-0.05, 0) is 30.0 Å². The average molecular weight is 355 g/mol. The zero-order valence-corrected chi connectivity index (χ0v) is 14.7. The molecule has 0 bridgehead atoms. The van der Waals surface area contributed by atoms with Crippen LogP contribution in [-0.2, 0) is 11.2 Å². The van der Waals surface area contributed by atoms with E-state index < -0.39 is 5.97 Å². The number of carboxylic acid groups (broad SMARTS) is 1. The van der Waals surface area contributed by atoms with Crippen molar-refractivity contribution in [2.24, 2.45) is 0 Å². The molecular weight excluding hydrogens is 334 g/mol. The second kappa shape index (κ2) is 7.81. The number of carbonyl (C=O) groups is 1. The number of hydrogen-bond acceptors (Lipinski definition) is 6. The molecule has 26 heavy (non-hydrogen) atoms. The van der Waals surface area contributed by atoms with E-state index in [1.54, 1.807) is 16.6 Å². The lowest BCUT2D eigenvalue weighted by molar-refractivity contribution is -0.139. The molecule has 3 aromatic rings. The first-order valence-corrected chi connectivity index (χ1v) is 8.41. The van der Waals surface area contributed by atoms with Crippen molar-refractivity contribution in [2.45, 2.75) is 26.2 Å². The van der Waals surface area contributed by atoms with Crippen molar-refractivity contribution in [3.63, 3.8) is 0 Å². The third-order valence-electron chi connectivity index (χ3n) is 3.87. The Morgan fingerprint density at radius 2 is 2.08 bits per heavy atom.